The molecule has 0 atom stereocenters. The lowest BCUT2D eigenvalue weighted by atomic mass is 10.1. The average Bonchev–Trinajstić information content (AvgIpc) is 2.16. The molecule has 0 saturated carbocycles. The number of rotatable bonds is 0. The molecule has 0 fully saturated rings. The molecule has 0 saturated heterocycles. The Kier molecular flexibility index (Phi) is 5.18. The lowest BCUT2D eigenvalue weighted by Crippen LogP contribution is -1.84. The van der Waals surface area contributed by atoms with Gasteiger partial charge in [-0.25, -0.2) is 0 Å². The van der Waals surface area contributed by atoms with Gasteiger partial charge in [-0.15, -0.1) is 0 Å². The first-order valence-corrected chi connectivity index (χ1v) is 4.70. The second-order valence-electron chi connectivity index (χ2n) is 2.51. The van der Waals surface area contributed by atoms with Crippen LogP contribution in [0.25, 0.3) is 0 Å². The minimum Gasteiger partial charge on any atom is -0.192 e. The first-order valence-electron chi connectivity index (χ1n) is 4.32. The molecular formula is C11H14ClN. The van der Waals surface area contributed by atoms with Crippen molar-refractivity contribution < 1.29 is 0 Å². The van der Waals surface area contributed by atoms with E-state index in [1.807, 2.05) is 33.8 Å². The smallest absolute Gasteiger partial charge is 0.0992 e. The standard InChI is InChI=1S/C9H8ClN.C2H6/c1-6-3-8(5-11)4-9(10)7(6)2;1-2/h3-4H,1-2H3;1-2H3. The highest BCUT2D eigenvalue weighted by molar-refractivity contribution is 6.31. The van der Waals surface area contributed by atoms with Crippen LogP contribution in [0.3, 0.4) is 0 Å². The van der Waals surface area contributed by atoms with Gasteiger partial charge < -0.3 is 0 Å². The van der Waals surface area contributed by atoms with Crippen molar-refractivity contribution in [1.29, 1.82) is 5.26 Å². The molecule has 0 spiro atoms. The molecule has 0 heterocycles. The molecule has 13 heavy (non-hydrogen) atoms. The summed E-state index contributed by atoms with van der Waals surface area (Å²) in [5, 5.41) is 9.24. The molecule has 0 radical (unpaired) electrons. The number of halogens is 1. The Morgan fingerprint density at radius 3 is 2.15 bits per heavy atom. The predicted octanol–water partition coefficient (Wildman–Crippen LogP) is 3.85. The quantitative estimate of drug-likeness (QED) is 0.617. The molecule has 0 N–H and O–H groups in total. The molecule has 1 rings (SSSR count). The summed E-state index contributed by atoms with van der Waals surface area (Å²) in [5.41, 5.74) is 2.73. The molecule has 1 aromatic rings. The van der Waals surface area contributed by atoms with Gasteiger partial charge in [0.2, 0.25) is 0 Å². The van der Waals surface area contributed by atoms with Crippen molar-refractivity contribution in [3.63, 3.8) is 0 Å². The van der Waals surface area contributed by atoms with Crippen LogP contribution in [0, 0.1) is 25.2 Å². The Labute approximate surface area is 85.0 Å². The van der Waals surface area contributed by atoms with Gasteiger partial charge in [-0.1, -0.05) is 25.4 Å². The van der Waals surface area contributed by atoms with Crippen LogP contribution in [0.15, 0.2) is 12.1 Å². The van der Waals surface area contributed by atoms with Crippen LogP contribution in [0.4, 0.5) is 0 Å². The van der Waals surface area contributed by atoms with E-state index < -0.39 is 0 Å². The normalized spacial score (nSPS) is 8.31. The average molecular weight is 196 g/mol. The van der Waals surface area contributed by atoms with Gasteiger partial charge in [0.25, 0.3) is 0 Å². The maximum absolute atomic E-state index is 8.57. The largest absolute Gasteiger partial charge is 0.192 e. The number of nitrogens with zero attached hydrogens (tertiary/aromatic N) is 1. The van der Waals surface area contributed by atoms with Gasteiger partial charge in [-0.2, -0.15) is 5.26 Å². The van der Waals surface area contributed by atoms with E-state index in [1.54, 1.807) is 6.07 Å². The monoisotopic (exact) mass is 195 g/mol. The van der Waals surface area contributed by atoms with Crippen LogP contribution in [0.5, 0.6) is 0 Å². The van der Waals surface area contributed by atoms with Crippen LogP contribution < -0.4 is 0 Å². The molecule has 0 aliphatic rings. The van der Waals surface area contributed by atoms with E-state index in [4.69, 9.17) is 16.9 Å². The second kappa shape index (κ2) is 5.61. The summed E-state index contributed by atoms with van der Waals surface area (Å²) in [6.45, 7) is 7.89. The van der Waals surface area contributed by atoms with Gasteiger partial charge in [0.15, 0.2) is 0 Å². The highest BCUT2D eigenvalue weighted by Crippen LogP contribution is 2.20. The van der Waals surface area contributed by atoms with E-state index in [1.165, 1.54) is 0 Å². The van der Waals surface area contributed by atoms with Crippen molar-refractivity contribution in [2.75, 3.05) is 0 Å². The van der Waals surface area contributed by atoms with E-state index >= 15 is 0 Å². The molecular weight excluding hydrogens is 182 g/mol. The minimum atomic E-state index is 0.623. The topological polar surface area (TPSA) is 23.8 Å². The summed E-state index contributed by atoms with van der Waals surface area (Å²) in [4.78, 5) is 0. The van der Waals surface area contributed by atoms with E-state index in [0.29, 0.717) is 10.6 Å². The van der Waals surface area contributed by atoms with Crippen molar-refractivity contribution in [3.05, 3.63) is 33.8 Å². The van der Waals surface area contributed by atoms with Crippen molar-refractivity contribution >= 4 is 11.6 Å². The predicted molar refractivity (Wildman–Crippen MR) is 57.0 cm³/mol. The van der Waals surface area contributed by atoms with Gasteiger partial charge in [-0.05, 0) is 37.1 Å². The Morgan fingerprint density at radius 2 is 1.77 bits per heavy atom. The molecule has 0 aromatic heterocycles. The third-order valence-electron chi connectivity index (χ3n) is 1.73. The summed E-state index contributed by atoms with van der Waals surface area (Å²) in [5.74, 6) is 0. The Balaban J connectivity index is 0.000000671. The summed E-state index contributed by atoms with van der Waals surface area (Å²) in [6.07, 6.45) is 0. The van der Waals surface area contributed by atoms with Gasteiger partial charge in [0.1, 0.15) is 0 Å². The Bertz CT molecular complexity index is 300. The molecule has 70 valence electrons. The van der Waals surface area contributed by atoms with Crippen LogP contribution >= 0.6 is 11.6 Å². The highest BCUT2D eigenvalue weighted by Gasteiger charge is 2.00. The zero-order chi connectivity index (χ0) is 10.4. The summed E-state index contributed by atoms with van der Waals surface area (Å²) < 4.78 is 0. The molecule has 2 heteroatoms. The third-order valence-corrected chi connectivity index (χ3v) is 2.13. The second-order valence-corrected chi connectivity index (χ2v) is 2.92. The van der Waals surface area contributed by atoms with Crippen LogP contribution in [-0.4, -0.2) is 0 Å². The van der Waals surface area contributed by atoms with Crippen molar-refractivity contribution in [2.24, 2.45) is 0 Å². The number of hydrogen-bond acceptors (Lipinski definition) is 1. The van der Waals surface area contributed by atoms with Crippen molar-refractivity contribution in [3.8, 4) is 6.07 Å². The van der Waals surface area contributed by atoms with Gasteiger partial charge >= 0.3 is 0 Å². The van der Waals surface area contributed by atoms with Crippen LogP contribution in [0.1, 0.15) is 30.5 Å². The minimum absolute atomic E-state index is 0.623. The lowest BCUT2D eigenvalue weighted by Gasteiger charge is -2.01. The zero-order valence-electron chi connectivity index (χ0n) is 8.48. The first kappa shape index (κ1) is 12.0. The summed E-state index contributed by atoms with van der Waals surface area (Å²) in [7, 11) is 0. The van der Waals surface area contributed by atoms with Gasteiger partial charge in [0, 0.05) is 5.02 Å². The first-order chi connectivity index (χ1) is 6.15. The highest BCUT2D eigenvalue weighted by atomic mass is 35.5. The molecule has 0 aliphatic heterocycles. The fourth-order valence-electron chi connectivity index (χ4n) is 0.881. The maximum atomic E-state index is 8.57. The van der Waals surface area contributed by atoms with Crippen molar-refractivity contribution in [2.45, 2.75) is 27.7 Å². The summed E-state index contributed by atoms with van der Waals surface area (Å²) >= 11 is 5.85. The zero-order valence-corrected chi connectivity index (χ0v) is 9.24. The molecule has 0 unspecified atom stereocenters. The van der Waals surface area contributed by atoms with Crippen LogP contribution in [0.2, 0.25) is 5.02 Å². The number of hydrogen-bond donors (Lipinski definition) is 0. The van der Waals surface area contributed by atoms with Gasteiger partial charge in [0.05, 0.1) is 11.6 Å². The molecule has 1 nitrogen and oxygen atoms in total. The van der Waals surface area contributed by atoms with E-state index in [2.05, 4.69) is 6.07 Å². The Hall–Kier alpha value is -1.000. The Morgan fingerprint density at radius 1 is 1.23 bits per heavy atom. The maximum Gasteiger partial charge on any atom is 0.0992 e. The van der Waals surface area contributed by atoms with E-state index in [-0.39, 0.29) is 0 Å². The molecule has 0 amide bonds. The van der Waals surface area contributed by atoms with E-state index in [0.717, 1.165) is 11.1 Å². The van der Waals surface area contributed by atoms with Crippen molar-refractivity contribution in [1.82, 2.24) is 0 Å². The fourth-order valence-corrected chi connectivity index (χ4v) is 1.15. The SMILES string of the molecule is CC.Cc1cc(C#N)cc(Cl)c1C. The number of benzene rings is 1. The molecule has 0 bridgehead atoms. The van der Waals surface area contributed by atoms with Crippen LogP contribution in [-0.2, 0) is 0 Å². The third kappa shape index (κ3) is 3.08. The number of nitriles is 1. The molecule has 1 aromatic carbocycles. The van der Waals surface area contributed by atoms with Gasteiger partial charge in [-0.3, -0.25) is 0 Å². The lowest BCUT2D eigenvalue weighted by molar-refractivity contribution is 1.32. The summed E-state index contributed by atoms with van der Waals surface area (Å²) in [6, 6.07) is 5.57. The number of aryl methyl sites for hydroxylation is 1. The van der Waals surface area contributed by atoms with E-state index in [9.17, 15) is 0 Å². The molecule has 0 aliphatic carbocycles. The fraction of sp³-hybridized carbons (Fsp3) is 0.364.